The average Bonchev–Trinajstić information content (AvgIpc) is 2.83. The molecule has 96 valence electrons. The Morgan fingerprint density at radius 2 is 1.76 bits per heavy atom. The van der Waals surface area contributed by atoms with Crippen LogP contribution in [0.1, 0.15) is 51.9 Å². The summed E-state index contributed by atoms with van der Waals surface area (Å²) in [5, 5.41) is 20.3. The van der Waals surface area contributed by atoms with Gasteiger partial charge in [0, 0.05) is 13.1 Å². The van der Waals surface area contributed by atoms with Crippen LogP contribution in [0.15, 0.2) is 0 Å². The van der Waals surface area contributed by atoms with Crippen LogP contribution in [-0.2, 0) is 0 Å². The minimum absolute atomic E-state index is 0.439. The van der Waals surface area contributed by atoms with Crippen LogP contribution in [0.5, 0.6) is 0 Å². The first-order valence-electron chi connectivity index (χ1n) is 7.02. The van der Waals surface area contributed by atoms with Gasteiger partial charge in [-0.05, 0) is 38.6 Å². The van der Waals surface area contributed by atoms with E-state index in [0.717, 1.165) is 58.2 Å². The third-order valence-corrected chi connectivity index (χ3v) is 4.78. The molecule has 0 spiro atoms. The van der Waals surface area contributed by atoms with Crippen LogP contribution in [0.3, 0.4) is 0 Å². The molecule has 0 aromatic carbocycles. The van der Waals surface area contributed by atoms with Gasteiger partial charge in [0.25, 0.3) is 0 Å². The van der Waals surface area contributed by atoms with E-state index in [-0.39, 0.29) is 0 Å². The summed E-state index contributed by atoms with van der Waals surface area (Å²) >= 11 is 0. The van der Waals surface area contributed by atoms with Gasteiger partial charge in [0.1, 0.15) is 0 Å². The van der Waals surface area contributed by atoms with Crippen molar-refractivity contribution in [3.63, 3.8) is 0 Å². The van der Waals surface area contributed by atoms with Crippen LogP contribution >= 0.6 is 0 Å². The van der Waals surface area contributed by atoms with Crippen molar-refractivity contribution in [3.8, 4) is 6.07 Å². The van der Waals surface area contributed by atoms with Gasteiger partial charge in [-0.3, -0.25) is 0 Å². The largest absolute Gasteiger partial charge is 0.388 e. The van der Waals surface area contributed by atoms with Gasteiger partial charge in [-0.15, -0.1) is 0 Å². The number of aliphatic hydroxyl groups is 1. The Morgan fingerprint density at radius 3 is 2.24 bits per heavy atom. The zero-order chi connectivity index (χ0) is 12.4. The summed E-state index contributed by atoms with van der Waals surface area (Å²) in [6, 6.07) is 2.47. The lowest BCUT2D eigenvalue weighted by Gasteiger charge is -2.46. The Labute approximate surface area is 104 Å². The molecule has 1 aliphatic carbocycles. The Kier molecular flexibility index (Phi) is 3.75. The van der Waals surface area contributed by atoms with E-state index in [4.69, 9.17) is 0 Å². The Bertz CT molecular complexity index is 294. The number of rotatable bonds is 3. The minimum atomic E-state index is -0.720. The van der Waals surface area contributed by atoms with Crippen LogP contribution in [0.4, 0.5) is 0 Å². The van der Waals surface area contributed by atoms with Gasteiger partial charge in [-0.1, -0.05) is 19.8 Å². The molecule has 2 aliphatic rings. The van der Waals surface area contributed by atoms with Crippen LogP contribution < -0.4 is 0 Å². The lowest BCUT2D eigenvalue weighted by Crippen LogP contribution is -2.53. The van der Waals surface area contributed by atoms with E-state index in [9.17, 15) is 10.4 Å². The van der Waals surface area contributed by atoms with Crippen molar-refractivity contribution in [3.05, 3.63) is 0 Å². The molecule has 0 unspecified atom stereocenters. The van der Waals surface area contributed by atoms with Gasteiger partial charge in [-0.25, -0.2) is 0 Å². The van der Waals surface area contributed by atoms with Crippen molar-refractivity contribution in [1.82, 2.24) is 4.90 Å². The monoisotopic (exact) mass is 236 g/mol. The molecule has 0 aromatic rings. The normalized spacial score (nSPS) is 27.8. The maximum atomic E-state index is 10.9. The number of likely N-dealkylation sites (tertiary alicyclic amines) is 1. The molecule has 0 radical (unpaired) electrons. The fourth-order valence-electron chi connectivity index (χ4n) is 3.60. The van der Waals surface area contributed by atoms with Crippen molar-refractivity contribution in [2.45, 2.75) is 57.5 Å². The summed E-state index contributed by atoms with van der Waals surface area (Å²) in [6.07, 6.45) is 6.73. The summed E-state index contributed by atoms with van der Waals surface area (Å²) in [4.78, 5) is 2.41. The summed E-state index contributed by atoms with van der Waals surface area (Å²) in [5.74, 6) is 0. The molecule has 0 bridgehead atoms. The van der Waals surface area contributed by atoms with Crippen LogP contribution in [0.25, 0.3) is 0 Å². The summed E-state index contributed by atoms with van der Waals surface area (Å²) in [5.41, 5.74) is -1.16. The van der Waals surface area contributed by atoms with Crippen molar-refractivity contribution in [2.75, 3.05) is 19.6 Å². The zero-order valence-electron chi connectivity index (χ0n) is 10.9. The minimum Gasteiger partial charge on any atom is -0.388 e. The van der Waals surface area contributed by atoms with Gasteiger partial charge >= 0.3 is 0 Å². The van der Waals surface area contributed by atoms with E-state index in [1.54, 1.807) is 0 Å². The number of hydrogen-bond donors (Lipinski definition) is 1. The molecule has 3 nitrogen and oxygen atoms in total. The maximum absolute atomic E-state index is 10.9. The van der Waals surface area contributed by atoms with Gasteiger partial charge < -0.3 is 10.0 Å². The third-order valence-electron chi connectivity index (χ3n) is 4.78. The first-order chi connectivity index (χ1) is 8.16. The quantitative estimate of drug-likeness (QED) is 0.818. The Hall–Kier alpha value is -0.590. The van der Waals surface area contributed by atoms with Crippen molar-refractivity contribution < 1.29 is 5.11 Å². The fraction of sp³-hybridized carbons (Fsp3) is 0.929. The Balaban J connectivity index is 2.04. The van der Waals surface area contributed by atoms with E-state index < -0.39 is 11.0 Å². The number of piperidine rings is 1. The van der Waals surface area contributed by atoms with E-state index in [0.29, 0.717) is 0 Å². The van der Waals surface area contributed by atoms with Gasteiger partial charge in [0.2, 0.25) is 0 Å². The fourth-order valence-corrected chi connectivity index (χ4v) is 3.60. The molecule has 2 fully saturated rings. The van der Waals surface area contributed by atoms with E-state index in [1.807, 2.05) is 0 Å². The van der Waals surface area contributed by atoms with Crippen LogP contribution in [-0.4, -0.2) is 35.2 Å². The molecule has 1 heterocycles. The molecular weight excluding hydrogens is 212 g/mol. The highest BCUT2D eigenvalue weighted by molar-refractivity contribution is 5.14. The summed E-state index contributed by atoms with van der Waals surface area (Å²) < 4.78 is 0. The van der Waals surface area contributed by atoms with Crippen molar-refractivity contribution >= 4 is 0 Å². The average molecular weight is 236 g/mol. The lowest BCUT2D eigenvalue weighted by atomic mass is 9.67. The highest BCUT2D eigenvalue weighted by Gasteiger charge is 2.53. The molecule has 0 amide bonds. The van der Waals surface area contributed by atoms with E-state index >= 15 is 0 Å². The van der Waals surface area contributed by atoms with Crippen molar-refractivity contribution in [2.24, 2.45) is 5.41 Å². The molecular formula is C14H24N2O. The first-order valence-corrected chi connectivity index (χ1v) is 7.02. The lowest BCUT2D eigenvalue weighted by molar-refractivity contribution is -0.0947. The number of nitriles is 1. The molecule has 1 N–H and O–H groups in total. The topological polar surface area (TPSA) is 47.3 Å². The molecule has 3 heteroatoms. The third kappa shape index (κ3) is 2.21. The van der Waals surface area contributed by atoms with E-state index in [1.165, 1.54) is 6.42 Å². The van der Waals surface area contributed by atoms with E-state index in [2.05, 4.69) is 17.9 Å². The summed E-state index contributed by atoms with van der Waals surface area (Å²) in [6.45, 7) is 5.21. The molecule has 0 atom stereocenters. The van der Waals surface area contributed by atoms with Crippen LogP contribution in [0.2, 0.25) is 0 Å². The highest BCUT2D eigenvalue weighted by Crippen LogP contribution is 2.50. The molecule has 0 aromatic heterocycles. The molecule has 1 saturated carbocycles. The second-order valence-electron chi connectivity index (χ2n) is 5.77. The predicted octanol–water partition coefficient (Wildman–Crippen LogP) is 2.31. The second kappa shape index (κ2) is 4.96. The van der Waals surface area contributed by atoms with Crippen molar-refractivity contribution in [1.29, 1.82) is 5.26 Å². The predicted molar refractivity (Wildman–Crippen MR) is 67.4 cm³/mol. The number of hydrogen-bond acceptors (Lipinski definition) is 3. The molecule has 1 aliphatic heterocycles. The number of nitrogens with zero attached hydrogens (tertiary/aromatic N) is 2. The van der Waals surface area contributed by atoms with Crippen LogP contribution in [0, 0.1) is 16.7 Å². The molecule has 17 heavy (non-hydrogen) atoms. The highest BCUT2D eigenvalue weighted by atomic mass is 16.3. The van der Waals surface area contributed by atoms with Gasteiger partial charge in [-0.2, -0.15) is 5.26 Å². The maximum Gasteiger partial charge on any atom is 0.0861 e. The SMILES string of the molecule is CCCN1CCC(O)(C2(C#N)CCCC2)CC1. The standard InChI is InChI=1S/C14H24N2O/c1-2-9-16-10-7-14(17,8-11-16)13(12-15)5-3-4-6-13/h17H,2-11H2,1H3. The molecule has 1 saturated heterocycles. The smallest absolute Gasteiger partial charge is 0.0861 e. The first kappa shape index (κ1) is 12.9. The summed E-state index contributed by atoms with van der Waals surface area (Å²) in [7, 11) is 0. The van der Waals surface area contributed by atoms with Gasteiger partial charge in [0.15, 0.2) is 0 Å². The van der Waals surface area contributed by atoms with Gasteiger partial charge in [0.05, 0.1) is 17.1 Å². The second-order valence-corrected chi connectivity index (χ2v) is 5.77. The Morgan fingerprint density at radius 1 is 1.18 bits per heavy atom. The molecule has 2 rings (SSSR count). The zero-order valence-corrected chi connectivity index (χ0v) is 10.9.